The van der Waals surface area contributed by atoms with Gasteiger partial charge in [0, 0.05) is 5.69 Å². The highest BCUT2D eigenvalue weighted by Crippen LogP contribution is 2.28. The molecule has 0 saturated carbocycles. The third kappa shape index (κ3) is 3.93. The fraction of sp³-hybridized carbons (Fsp3) is 0.300. The van der Waals surface area contributed by atoms with E-state index in [1.165, 1.54) is 11.8 Å². The van der Waals surface area contributed by atoms with Crippen LogP contribution < -0.4 is 5.32 Å². The van der Waals surface area contributed by atoms with E-state index in [-0.39, 0.29) is 23.2 Å². The van der Waals surface area contributed by atoms with Crippen LogP contribution in [-0.4, -0.2) is 46.7 Å². The average Bonchev–Trinajstić information content (AvgIpc) is 3.16. The third-order valence-electron chi connectivity index (χ3n) is 4.82. The molecule has 4 rings (SSSR count). The Balaban J connectivity index is 1.55. The second-order valence-electron chi connectivity index (χ2n) is 7.29. The minimum atomic E-state index is -3.06. The lowest BCUT2D eigenvalue weighted by Gasteiger charge is -2.23. The van der Waals surface area contributed by atoms with Gasteiger partial charge in [-0.3, -0.25) is 9.36 Å². The van der Waals surface area contributed by atoms with E-state index in [9.17, 15) is 13.2 Å². The monoisotopic (exact) mass is 415 g/mol. The van der Waals surface area contributed by atoms with E-state index < -0.39 is 15.4 Å². The van der Waals surface area contributed by atoms with Crippen molar-refractivity contribution in [1.82, 2.24) is 14.9 Å². The fourth-order valence-electron chi connectivity index (χ4n) is 3.54. The van der Waals surface area contributed by atoms with Crippen molar-refractivity contribution in [1.29, 1.82) is 0 Å². The van der Waals surface area contributed by atoms with E-state index in [0.717, 1.165) is 21.9 Å². The van der Waals surface area contributed by atoms with Gasteiger partial charge in [-0.1, -0.05) is 42.1 Å². The first-order valence-electron chi connectivity index (χ1n) is 9.02. The molecule has 0 aliphatic carbocycles. The maximum absolute atomic E-state index is 12.5. The summed E-state index contributed by atoms with van der Waals surface area (Å²) in [6.07, 6.45) is 0.453. The van der Waals surface area contributed by atoms with Crippen molar-refractivity contribution in [3.8, 4) is 5.69 Å². The second kappa shape index (κ2) is 7.25. The molecule has 0 unspecified atom stereocenters. The van der Waals surface area contributed by atoms with Crippen LogP contribution in [0.3, 0.4) is 0 Å². The number of sulfone groups is 1. The molecule has 0 bridgehead atoms. The van der Waals surface area contributed by atoms with Crippen molar-refractivity contribution in [2.24, 2.45) is 0 Å². The quantitative estimate of drug-likeness (QED) is 0.648. The zero-order chi connectivity index (χ0) is 19.8. The number of nitrogens with zero attached hydrogens (tertiary/aromatic N) is 2. The largest absolute Gasteiger partial charge is 0.349 e. The Morgan fingerprint density at radius 3 is 2.61 bits per heavy atom. The molecule has 1 aromatic heterocycles. The van der Waals surface area contributed by atoms with Gasteiger partial charge in [-0.05, 0) is 37.6 Å². The molecule has 8 heteroatoms. The van der Waals surface area contributed by atoms with E-state index in [4.69, 9.17) is 0 Å². The molecule has 1 N–H and O–H groups in total. The number of hydrogen-bond donors (Lipinski definition) is 1. The van der Waals surface area contributed by atoms with Gasteiger partial charge in [0.05, 0.1) is 33.8 Å². The van der Waals surface area contributed by atoms with Gasteiger partial charge in [0.2, 0.25) is 5.91 Å². The highest BCUT2D eigenvalue weighted by molar-refractivity contribution is 7.99. The lowest BCUT2D eigenvalue weighted by atomic mass is 10.0. The van der Waals surface area contributed by atoms with Gasteiger partial charge in [0.15, 0.2) is 15.0 Å². The van der Waals surface area contributed by atoms with Crippen molar-refractivity contribution in [3.63, 3.8) is 0 Å². The molecule has 6 nitrogen and oxygen atoms in total. The molecule has 2 aromatic carbocycles. The van der Waals surface area contributed by atoms with Gasteiger partial charge in [-0.15, -0.1) is 0 Å². The summed E-state index contributed by atoms with van der Waals surface area (Å²) in [4.78, 5) is 17.2. The summed E-state index contributed by atoms with van der Waals surface area (Å²) in [5.41, 5.74) is 2.14. The number of para-hydroxylation sites is 3. The molecule has 0 spiro atoms. The standard InChI is InChI=1S/C20H21N3O3S2/c1-20(11-12-28(25,26)14-20)22-18(24)13-27-19-21-16-9-5-6-10-17(16)23(19)15-7-3-2-4-8-15/h2-10H,11-14H2,1H3,(H,22,24)/t20-/m0/s1. The molecule has 1 aliphatic heterocycles. The van der Waals surface area contributed by atoms with Gasteiger partial charge < -0.3 is 5.32 Å². The number of aromatic nitrogens is 2. The minimum Gasteiger partial charge on any atom is -0.349 e. The van der Waals surface area contributed by atoms with E-state index >= 15 is 0 Å². The van der Waals surface area contributed by atoms with Crippen molar-refractivity contribution < 1.29 is 13.2 Å². The zero-order valence-corrected chi connectivity index (χ0v) is 17.1. The van der Waals surface area contributed by atoms with Crippen molar-refractivity contribution in [3.05, 3.63) is 54.6 Å². The summed E-state index contributed by atoms with van der Waals surface area (Å²) in [6, 6.07) is 17.7. The number of imidazole rings is 1. The fourth-order valence-corrected chi connectivity index (χ4v) is 6.46. The lowest BCUT2D eigenvalue weighted by Crippen LogP contribution is -2.47. The maximum atomic E-state index is 12.5. The van der Waals surface area contributed by atoms with Crippen molar-refractivity contribution >= 4 is 38.5 Å². The predicted molar refractivity (Wildman–Crippen MR) is 112 cm³/mol. The number of carbonyl (C=O) groups is 1. The van der Waals surface area contributed by atoms with E-state index in [2.05, 4.69) is 10.3 Å². The molecule has 3 aromatic rings. The van der Waals surface area contributed by atoms with Crippen LogP contribution in [0.1, 0.15) is 13.3 Å². The molecule has 0 radical (unpaired) electrons. The van der Waals surface area contributed by atoms with Crippen molar-refractivity contribution in [2.45, 2.75) is 24.0 Å². The van der Waals surface area contributed by atoms with Gasteiger partial charge in [-0.2, -0.15) is 0 Å². The molecule has 1 atom stereocenters. The average molecular weight is 416 g/mol. The van der Waals surface area contributed by atoms with Crippen LogP contribution in [-0.2, 0) is 14.6 Å². The lowest BCUT2D eigenvalue weighted by molar-refractivity contribution is -0.120. The van der Waals surface area contributed by atoms with Gasteiger partial charge in [0.1, 0.15) is 0 Å². The van der Waals surface area contributed by atoms with Crippen LogP contribution in [0.15, 0.2) is 59.8 Å². The Morgan fingerprint density at radius 1 is 1.18 bits per heavy atom. The first-order valence-corrected chi connectivity index (χ1v) is 11.8. The Bertz CT molecular complexity index is 1130. The smallest absolute Gasteiger partial charge is 0.230 e. The number of nitrogens with one attached hydrogen (secondary N) is 1. The summed E-state index contributed by atoms with van der Waals surface area (Å²) in [5, 5.41) is 3.63. The normalized spacial score (nSPS) is 21.0. The van der Waals surface area contributed by atoms with Crippen LogP contribution in [0.5, 0.6) is 0 Å². The number of hydrogen-bond acceptors (Lipinski definition) is 5. The highest BCUT2D eigenvalue weighted by atomic mass is 32.2. The SMILES string of the molecule is C[C@]1(NC(=O)CSc2nc3ccccc3n2-c2ccccc2)CCS(=O)(=O)C1. The molecule has 28 heavy (non-hydrogen) atoms. The van der Waals surface area contributed by atoms with E-state index in [1.807, 2.05) is 59.2 Å². The van der Waals surface area contributed by atoms with Gasteiger partial charge in [-0.25, -0.2) is 13.4 Å². The van der Waals surface area contributed by atoms with Crippen LogP contribution in [0, 0.1) is 0 Å². The first-order chi connectivity index (χ1) is 13.4. The van der Waals surface area contributed by atoms with E-state index in [0.29, 0.717) is 6.42 Å². The number of carbonyl (C=O) groups excluding carboxylic acids is 1. The zero-order valence-electron chi connectivity index (χ0n) is 15.5. The minimum absolute atomic E-state index is 0.00106. The Hall–Kier alpha value is -2.32. The Labute approximate surface area is 168 Å². The number of thioether (sulfide) groups is 1. The summed E-state index contributed by atoms with van der Waals surface area (Å²) < 4.78 is 25.5. The Kier molecular flexibility index (Phi) is 4.93. The van der Waals surface area contributed by atoms with Gasteiger partial charge >= 0.3 is 0 Å². The topological polar surface area (TPSA) is 81.1 Å². The molecule has 146 valence electrons. The molecule has 1 amide bonds. The number of rotatable bonds is 5. The molecule has 1 aliphatic rings. The highest BCUT2D eigenvalue weighted by Gasteiger charge is 2.39. The number of amides is 1. The summed E-state index contributed by atoms with van der Waals surface area (Å²) in [6.45, 7) is 1.79. The molecule has 1 fully saturated rings. The molecule has 2 heterocycles. The molecule has 1 saturated heterocycles. The summed E-state index contributed by atoms with van der Waals surface area (Å²) in [5.74, 6) is 0.113. The van der Waals surface area contributed by atoms with Gasteiger partial charge in [0.25, 0.3) is 0 Å². The molecular formula is C20H21N3O3S2. The summed E-state index contributed by atoms with van der Waals surface area (Å²) >= 11 is 1.35. The Morgan fingerprint density at radius 2 is 1.89 bits per heavy atom. The molecular weight excluding hydrogens is 394 g/mol. The second-order valence-corrected chi connectivity index (χ2v) is 10.4. The van der Waals surface area contributed by atoms with Crippen LogP contribution in [0.2, 0.25) is 0 Å². The first kappa shape index (κ1) is 19.0. The summed E-state index contributed by atoms with van der Waals surface area (Å²) in [7, 11) is -3.06. The third-order valence-corrected chi connectivity index (χ3v) is 7.66. The van der Waals surface area contributed by atoms with Crippen LogP contribution >= 0.6 is 11.8 Å². The van der Waals surface area contributed by atoms with Crippen LogP contribution in [0.4, 0.5) is 0 Å². The number of benzene rings is 2. The number of fused-ring (bicyclic) bond motifs is 1. The maximum Gasteiger partial charge on any atom is 0.230 e. The van der Waals surface area contributed by atoms with Crippen molar-refractivity contribution in [2.75, 3.05) is 17.3 Å². The van der Waals surface area contributed by atoms with E-state index in [1.54, 1.807) is 6.92 Å². The predicted octanol–water partition coefficient (Wildman–Crippen LogP) is 2.81. The van der Waals surface area contributed by atoms with Crippen LogP contribution in [0.25, 0.3) is 16.7 Å².